The molecule has 6 heteroatoms. The van der Waals surface area contributed by atoms with Gasteiger partial charge in [0.15, 0.2) is 5.84 Å². The molecule has 1 unspecified atom stereocenters. The van der Waals surface area contributed by atoms with E-state index in [1.54, 1.807) is 0 Å². The second-order valence-corrected chi connectivity index (χ2v) is 10.7. The van der Waals surface area contributed by atoms with E-state index in [9.17, 15) is 10.1 Å². The van der Waals surface area contributed by atoms with Crippen molar-refractivity contribution in [2.75, 3.05) is 26.7 Å². The zero-order chi connectivity index (χ0) is 27.1. The van der Waals surface area contributed by atoms with Crippen molar-refractivity contribution in [3.63, 3.8) is 0 Å². The molecule has 2 aliphatic rings. The number of nitrogens with zero attached hydrogens (tertiary/aromatic N) is 4. The molecule has 198 valence electrons. The molecule has 1 aliphatic heterocycles. The van der Waals surface area contributed by atoms with Crippen LogP contribution in [0.1, 0.15) is 73.8 Å². The van der Waals surface area contributed by atoms with E-state index in [2.05, 4.69) is 42.8 Å². The van der Waals surface area contributed by atoms with Gasteiger partial charge in [0.1, 0.15) is 18.1 Å². The number of benzene rings is 2. The molecule has 0 bridgehead atoms. The third kappa shape index (κ3) is 5.95. The third-order valence-electron chi connectivity index (χ3n) is 7.50. The van der Waals surface area contributed by atoms with Crippen molar-refractivity contribution >= 4 is 17.8 Å². The lowest BCUT2D eigenvalue weighted by molar-refractivity contribution is -0.109. The van der Waals surface area contributed by atoms with Gasteiger partial charge in [0.25, 0.3) is 0 Å². The number of carbonyl (C=O) groups is 1. The Morgan fingerprint density at radius 1 is 1.26 bits per heavy atom. The molecule has 0 radical (unpaired) electrons. The predicted octanol–water partition coefficient (Wildman–Crippen LogP) is 5.66. The fraction of sp³-hybridized carbons (Fsp3) is 0.438. The van der Waals surface area contributed by atoms with Crippen LogP contribution in [-0.2, 0) is 16.6 Å². The summed E-state index contributed by atoms with van der Waals surface area (Å²) in [5.41, 5.74) is 5.63. The van der Waals surface area contributed by atoms with Crippen molar-refractivity contribution in [1.82, 2.24) is 4.90 Å². The molecular formula is C32H38N4O2. The highest BCUT2D eigenvalue weighted by atomic mass is 16.5. The predicted molar refractivity (Wildman–Crippen MR) is 154 cm³/mol. The van der Waals surface area contributed by atoms with E-state index in [-0.39, 0.29) is 11.5 Å². The lowest BCUT2D eigenvalue weighted by atomic mass is 9.78. The minimum absolute atomic E-state index is 0.00439. The fourth-order valence-corrected chi connectivity index (χ4v) is 5.73. The van der Waals surface area contributed by atoms with Gasteiger partial charge in [-0.2, -0.15) is 5.26 Å². The first-order chi connectivity index (χ1) is 18.4. The molecule has 2 aromatic rings. The normalized spacial score (nSPS) is 18.2. The Morgan fingerprint density at radius 2 is 2.11 bits per heavy atom. The molecule has 2 aromatic carbocycles. The summed E-state index contributed by atoms with van der Waals surface area (Å²) in [4.78, 5) is 23.9. The second kappa shape index (κ2) is 12.3. The Hall–Kier alpha value is -3.56. The summed E-state index contributed by atoms with van der Waals surface area (Å²) in [5, 5.41) is 9.63. The van der Waals surface area contributed by atoms with Gasteiger partial charge >= 0.3 is 0 Å². The Labute approximate surface area is 226 Å². The maximum Gasteiger partial charge on any atom is 0.155 e. The lowest BCUT2D eigenvalue weighted by Crippen LogP contribution is -2.38. The number of amidine groups is 1. The van der Waals surface area contributed by atoms with Gasteiger partial charge in [-0.05, 0) is 94.4 Å². The molecule has 38 heavy (non-hydrogen) atoms. The maximum atomic E-state index is 11.8. The van der Waals surface area contributed by atoms with Gasteiger partial charge in [-0.1, -0.05) is 24.3 Å². The van der Waals surface area contributed by atoms with E-state index in [0.29, 0.717) is 24.3 Å². The van der Waals surface area contributed by atoms with E-state index < -0.39 is 0 Å². The van der Waals surface area contributed by atoms with E-state index in [1.165, 1.54) is 11.1 Å². The SMILES string of the molecule is C=CCCCCN(C)CC1(CC=O)CCc2c(C3=NCC(c4ccc(OC(C)C)c(C#N)c4)=N3)cccc21. The molecule has 0 saturated heterocycles. The van der Waals surface area contributed by atoms with Crippen LogP contribution in [0.3, 0.4) is 0 Å². The standard InChI is InChI=1S/C32H38N4O2/c1-5-6-7-8-17-36(4)22-32(16-18-37)15-14-26-27(10-9-11-28(26)32)31-34-21-29(35-31)24-12-13-30(38-23(2)3)25(19-24)20-33/h5,9-13,18-19,23H,1,6-8,14-17,21-22H2,2-4H3. The van der Waals surface area contributed by atoms with Gasteiger partial charge < -0.3 is 14.4 Å². The molecule has 0 aromatic heterocycles. The number of carbonyl (C=O) groups excluding carboxylic acids is 1. The molecular weight excluding hydrogens is 472 g/mol. The first kappa shape index (κ1) is 27.5. The molecule has 6 nitrogen and oxygen atoms in total. The van der Waals surface area contributed by atoms with Crippen molar-refractivity contribution in [3.05, 3.63) is 76.9 Å². The van der Waals surface area contributed by atoms with Crippen LogP contribution in [0.5, 0.6) is 5.75 Å². The lowest BCUT2D eigenvalue weighted by Gasteiger charge is -2.33. The summed E-state index contributed by atoms with van der Waals surface area (Å²) < 4.78 is 5.77. The Kier molecular flexibility index (Phi) is 8.91. The largest absolute Gasteiger partial charge is 0.490 e. The number of allylic oxidation sites excluding steroid dienone is 1. The average molecular weight is 511 g/mol. The van der Waals surface area contributed by atoms with Gasteiger partial charge in [0.2, 0.25) is 0 Å². The molecule has 1 heterocycles. The van der Waals surface area contributed by atoms with Crippen LogP contribution >= 0.6 is 0 Å². The first-order valence-corrected chi connectivity index (χ1v) is 13.6. The molecule has 1 aliphatic carbocycles. The smallest absolute Gasteiger partial charge is 0.155 e. The van der Waals surface area contributed by atoms with Crippen LogP contribution in [0.4, 0.5) is 0 Å². The van der Waals surface area contributed by atoms with Gasteiger partial charge in [-0.15, -0.1) is 6.58 Å². The van der Waals surface area contributed by atoms with Gasteiger partial charge in [0.05, 0.1) is 23.9 Å². The summed E-state index contributed by atoms with van der Waals surface area (Å²) in [7, 11) is 2.16. The van der Waals surface area contributed by atoms with Crippen LogP contribution in [0, 0.1) is 11.3 Å². The van der Waals surface area contributed by atoms with Crippen molar-refractivity contribution in [3.8, 4) is 11.8 Å². The number of rotatable bonds is 13. The average Bonchev–Trinajstić information content (AvgIpc) is 3.53. The molecule has 0 saturated carbocycles. The summed E-state index contributed by atoms with van der Waals surface area (Å²) in [6.45, 7) is 10.0. The number of ether oxygens (including phenoxy) is 1. The van der Waals surface area contributed by atoms with Gasteiger partial charge in [-0.25, -0.2) is 4.99 Å². The topological polar surface area (TPSA) is 78.0 Å². The minimum atomic E-state index is -0.181. The number of fused-ring (bicyclic) bond motifs is 1. The Bertz CT molecular complexity index is 1290. The second-order valence-electron chi connectivity index (χ2n) is 10.7. The van der Waals surface area contributed by atoms with E-state index in [1.807, 2.05) is 38.1 Å². The monoisotopic (exact) mass is 510 g/mol. The molecule has 4 rings (SSSR count). The number of hydrogen-bond donors (Lipinski definition) is 0. The van der Waals surface area contributed by atoms with E-state index in [4.69, 9.17) is 14.7 Å². The fourth-order valence-electron chi connectivity index (χ4n) is 5.73. The van der Waals surface area contributed by atoms with Crippen molar-refractivity contribution < 1.29 is 9.53 Å². The van der Waals surface area contributed by atoms with Crippen LogP contribution in [-0.4, -0.2) is 55.5 Å². The summed E-state index contributed by atoms with van der Waals surface area (Å²) in [6.07, 6.45) is 8.72. The molecule has 0 spiro atoms. The summed E-state index contributed by atoms with van der Waals surface area (Å²) >= 11 is 0. The number of hydrogen-bond acceptors (Lipinski definition) is 6. The highest BCUT2D eigenvalue weighted by molar-refractivity contribution is 6.17. The summed E-state index contributed by atoms with van der Waals surface area (Å²) in [6, 6.07) is 14.2. The van der Waals surface area contributed by atoms with Crippen molar-refractivity contribution in [2.45, 2.75) is 63.9 Å². The molecule has 0 N–H and O–H groups in total. The quantitative estimate of drug-likeness (QED) is 0.198. The van der Waals surface area contributed by atoms with Crippen LogP contribution in [0.25, 0.3) is 0 Å². The number of aldehydes is 1. The Balaban J connectivity index is 1.58. The van der Waals surface area contributed by atoms with Crippen LogP contribution in [0.15, 0.2) is 59.0 Å². The maximum absolute atomic E-state index is 11.8. The zero-order valence-corrected chi connectivity index (χ0v) is 22.9. The van der Waals surface area contributed by atoms with Crippen molar-refractivity contribution in [2.24, 2.45) is 9.98 Å². The zero-order valence-electron chi connectivity index (χ0n) is 22.9. The molecule has 0 fully saturated rings. The number of unbranched alkanes of at least 4 members (excludes halogenated alkanes) is 2. The van der Waals surface area contributed by atoms with Crippen LogP contribution in [0.2, 0.25) is 0 Å². The minimum Gasteiger partial charge on any atom is -0.490 e. The Morgan fingerprint density at radius 3 is 2.84 bits per heavy atom. The summed E-state index contributed by atoms with van der Waals surface area (Å²) in [5.74, 6) is 1.32. The first-order valence-electron chi connectivity index (χ1n) is 13.6. The van der Waals surface area contributed by atoms with Gasteiger partial charge in [-0.3, -0.25) is 4.99 Å². The highest BCUT2D eigenvalue weighted by Crippen LogP contribution is 2.43. The van der Waals surface area contributed by atoms with Gasteiger partial charge in [0, 0.05) is 23.9 Å². The molecule has 0 amide bonds. The third-order valence-corrected chi connectivity index (χ3v) is 7.50. The number of nitriles is 1. The highest BCUT2D eigenvalue weighted by Gasteiger charge is 2.40. The number of likely N-dealkylation sites (N-methyl/N-ethyl adjacent to an activating group) is 1. The van der Waals surface area contributed by atoms with Crippen LogP contribution < -0.4 is 4.74 Å². The number of aliphatic imine (C=N–C) groups is 2. The molecule has 1 atom stereocenters. The van der Waals surface area contributed by atoms with E-state index >= 15 is 0 Å². The van der Waals surface area contributed by atoms with E-state index in [0.717, 1.165) is 74.2 Å². The van der Waals surface area contributed by atoms with Crippen molar-refractivity contribution in [1.29, 1.82) is 5.26 Å².